The number of aromatic nitrogens is 4. The summed E-state index contributed by atoms with van der Waals surface area (Å²) in [6.45, 7) is 1.84. The Kier molecular flexibility index (Phi) is 2.22. The molecule has 0 aliphatic heterocycles. The lowest BCUT2D eigenvalue weighted by Crippen LogP contribution is -1.99. The van der Waals surface area contributed by atoms with Gasteiger partial charge in [0.25, 0.3) is 0 Å². The summed E-state index contributed by atoms with van der Waals surface area (Å²) in [6, 6.07) is 6.03. The van der Waals surface area contributed by atoms with Crippen molar-refractivity contribution in [1.29, 1.82) is 0 Å². The Morgan fingerprint density at radius 1 is 1.17 bits per heavy atom. The molecular formula is C12H10FN5. The Hall–Kier alpha value is -2.50. The number of anilines is 1. The van der Waals surface area contributed by atoms with Gasteiger partial charge in [0.2, 0.25) is 0 Å². The number of hydrogen-bond donors (Lipinski definition) is 1. The smallest absolute Gasteiger partial charge is 0.168 e. The first kappa shape index (κ1) is 10.6. The van der Waals surface area contributed by atoms with Crippen molar-refractivity contribution in [3.8, 4) is 5.69 Å². The summed E-state index contributed by atoms with van der Waals surface area (Å²) >= 11 is 0. The molecule has 0 saturated carbocycles. The van der Waals surface area contributed by atoms with Crippen LogP contribution in [-0.2, 0) is 0 Å². The van der Waals surface area contributed by atoms with Crippen LogP contribution in [0.15, 0.2) is 30.6 Å². The van der Waals surface area contributed by atoms with E-state index in [0.29, 0.717) is 11.5 Å². The third kappa shape index (κ3) is 1.50. The maximum atomic E-state index is 12.9. The molecular weight excluding hydrogens is 233 g/mol. The first-order chi connectivity index (χ1) is 8.66. The van der Waals surface area contributed by atoms with Crippen molar-refractivity contribution in [2.24, 2.45) is 0 Å². The van der Waals surface area contributed by atoms with E-state index in [2.05, 4.69) is 15.1 Å². The first-order valence-corrected chi connectivity index (χ1v) is 5.38. The first-order valence-electron chi connectivity index (χ1n) is 5.38. The predicted octanol–water partition coefficient (Wildman–Crippen LogP) is 1.85. The van der Waals surface area contributed by atoms with Gasteiger partial charge in [-0.15, -0.1) is 0 Å². The summed E-state index contributed by atoms with van der Waals surface area (Å²) in [5, 5.41) is 5.09. The van der Waals surface area contributed by atoms with E-state index in [-0.39, 0.29) is 5.82 Å². The Bertz CT molecular complexity index is 717. The predicted molar refractivity (Wildman–Crippen MR) is 65.8 cm³/mol. The number of nitrogens with zero attached hydrogens (tertiary/aromatic N) is 4. The fourth-order valence-electron chi connectivity index (χ4n) is 1.91. The van der Waals surface area contributed by atoms with E-state index in [1.165, 1.54) is 18.5 Å². The molecule has 0 fully saturated rings. The van der Waals surface area contributed by atoms with Crippen molar-refractivity contribution >= 4 is 16.9 Å². The van der Waals surface area contributed by atoms with Crippen molar-refractivity contribution in [2.45, 2.75) is 6.92 Å². The number of nitrogen functional groups attached to an aromatic ring is 1. The van der Waals surface area contributed by atoms with Crippen LogP contribution < -0.4 is 5.73 Å². The zero-order valence-corrected chi connectivity index (χ0v) is 9.63. The third-order valence-corrected chi connectivity index (χ3v) is 2.74. The number of halogens is 1. The molecule has 0 aliphatic rings. The fraction of sp³-hybridized carbons (Fsp3) is 0.0833. The van der Waals surface area contributed by atoms with E-state index >= 15 is 0 Å². The molecule has 0 saturated heterocycles. The van der Waals surface area contributed by atoms with Gasteiger partial charge in [-0.3, -0.25) is 0 Å². The molecule has 1 aromatic carbocycles. The molecule has 0 radical (unpaired) electrons. The molecule has 0 atom stereocenters. The van der Waals surface area contributed by atoms with Gasteiger partial charge >= 0.3 is 0 Å². The fourth-order valence-corrected chi connectivity index (χ4v) is 1.91. The zero-order chi connectivity index (χ0) is 12.7. The van der Waals surface area contributed by atoms with Crippen molar-refractivity contribution in [3.05, 3.63) is 42.1 Å². The average molecular weight is 243 g/mol. The quantitative estimate of drug-likeness (QED) is 0.708. The SMILES string of the molecule is Cc1nn(-c2ccc(F)cc2)c2ncnc(N)c12. The van der Waals surface area contributed by atoms with Gasteiger partial charge in [0, 0.05) is 0 Å². The molecule has 0 amide bonds. The average Bonchev–Trinajstić information content (AvgIpc) is 2.69. The van der Waals surface area contributed by atoms with Crippen LogP contribution in [0.3, 0.4) is 0 Å². The zero-order valence-electron chi connectivity index (χ0n) is 9.63. The highest BCUT2D eigenvalue weighted by Gasteiger charge is 2.13. The van der Waals surface area contributed by atoms with Crippen molar-refractivity contribution < 1.29 is 4.39 Å². The lowest BCUT2D eigenvalue weighted by Gasteiger charge is -2.02. The van der Waals surface area contributed by atoms with Gasteiger partial charge in [-0.2, -0.15) is 5.10 Å². The van der Waals surface area contributed by atoms with Crippen LogP contribution in [0.5, 0.6) is 0 Å². The summed E-state index contributed by atoms with van der Waals surface area (Å²) in [5.74, 6) is 0.104. The van der Waals surface area contributed by atoms with E-state index in [0.717, 1.165) is 16.8 Å². The topological polar surface area (TPSA) is 69.6 Å². The van der Waals surface area contributed by atoms with Crippen LogP contribution in [0.1, 0.15) is 5.69 Å². The standard InChI is InChI=1S/C12H10FN5/c1-7-10-11(14)15-6-16-12(10)18(17-7)9-4-2-8(13)3-5-9/h2-6H,1H3,(H2,14,15,16). The molecule has 0 bridgehead atoms. The summed E-state index contributed by atoms with van der Waals surface area (Å²) in [6.07, 6.45) is 1.39. The molecule has 0 aliphatic carbocycles. The molecule has 0 unspecified atom stereocenters. The van der Waals surface area contributed by atoms with Crippen LogP contribution in [0.2, 0.25) is 0 Å². The molecule has 90 valence electrons. The third-order valence-electron chi connectivity index (χ3n) is 2.74. The van der Waals surface area contributed by atoms with E-state index in [1.807, 2.05) is 6.92 Å². The summed E-state index contributed by atoms with van der Waals surface area (Å²) in [4.78, 5) is 8.12. The minimum atomic E-state index is -0.291. The Morgan fingerprint density at radius 2 is 1.89 bits per heavy atom. The molecule has 5 nitrogen and oxygen atoms in total. The highest BCUT2D eigenvalue weighted by molar-refractivity contribution is 5.88. The molecule has 0 spiro atoms. The number of benzene rings is 1. The molecule has 18 heavy (non-hydrogen) atoms. The molecule has 2 aromatic heterocycles. The van der Waals surface area contributed by atoms with Crippen LogP contribution in [0.25, 0.3) is 16.7 Å². The van der Waals surface area contributed by atoms with E-state index < -0.39 is 0 Å². The molecule has 3 rings (SSSR count). The highest BCUT2D eigenvalue weighted by Crippen LogP contribution is 2.23. The van der Waals surface area contributed by atoms with Crippen molar-refractivity contribution in [3.63, 3.8) is 0 Å². The number of rotatable bonds is 1. The van der Waals surface area contributed by atoms with Crippen LogP contribution >= 0.6 is 0 Å². The monoisotopic (exact) mass is 243 g/mol. The van der Waals surface area contributed by atoms with Crippen LogP contribution in [-0.4, -0.2) is 19.7 Å². The van der Waals surface area contributed by atoms with Gasteiger partial charge < -0.3 is 5.73 Å². The largest absolute Gasteiger partial charge is 0.383 e. The van der Waals surface area contributed by atoms with E-state index in [1.54, 1.807) is 16.8 Å². The minimum absolute atomic E-state index is 0.291. The van der Waals surface area contributed by atoms with Gasteiger partial charge in [-0.1, -0.05) is 0 Å². The summed E-state index contributed by atoms with van der Waals surface area (Å²) < 4.78 is 14.5. The molecule has 6 heteroatoms. The second-order valence-electron chi connectivity index (χ2n) is 3.93. The highest BCUT2D eigenvalue weighted by atomic mass is 19.1. The van der Waals surface area contributed by atoms with Gasteiger partial charge in [0.05, 0.1) is 16.8 Å². The van der Waals surface area contributed by atoms with Crippen molar-refractivity contribution in [1.82, 2.24) is 19.7 Å². The molecule has 2 heterocycles. The number of fused-ring (bicyclic) bond motifs is 1. The molecule has 2 N–H and O–H groups in total. The van der Waals surface area contributed by atoms with Gasteiger partial charge in [0.1, 0.15) is 18.0 Å². The summed E-state index contributed by atoms with van der Waals surface area (Å²) in [7, 11) is 0. The number of nitrogens with two attached hydrogens (primary N) is 1. The molecule has 3 aromatic rings. The Morgan fingerprint density at radius 3 is 2.61 bits per heavy atom. The Balaban J connectivity index is 2.30. The van der Waals surface area contributed by atoms with Gasteiger partial charge in [-0.05, 0) is 31.2 Å². The second-order valence-corrected chi connectivity index (χ2v) is 3.93. The lowest BCUT2D eigenvalue weighted by atomic mass is 10.3. The lowest BCUT2D eigenvalue weighted by molar-refractivity contribution is 0.627. The Labute approximate surface area is 102 Å². The number of aryl methyl sites for hydroxylation is 1. The van der Waals surface area contributed by atoms with Crippen molar-refractivity contribution in [2.75, 3.05) is 5.73 Å². The number of hydrogen-bond acceptors (Lipinski definition) is 4. The van der Waals surface area contributed by atoms with Crippen LogP contribution in [0, 0.1) is 12.7 Å². The minimum Gasteiger partial charge on any atom is -0.383 e. The van der Waals surface area contributed by atoms with Gasteiger partial charge in [0.15, 0.2) is 5.65 Å². The second kappa shape index (κ2) is 3.76. The van der Waals surface area contributed by atoms with Gasteiger partial charge in [-0.25, -0.2) is 19.0 Å². The van der Waals surface area contributed by atoms with E-state index in [4.69, 9.17) is 5.73 Å². The normalized spacial score (nSPS) is 11.0. The van der Waals surface area contributed by atoms with E-state index in [9.17, 15) is 4.39 Å². The van der Waals surface area contributed by atoms with Crippen LogP contribution in [0.4, 0.5) is 10.2 Å². The maximum Gasteiger partial charge on any atom is 0.168 e. The summed E-state index contributed by atoms with van der Waals surface area (Å²) in [5.41, 5.74) is 7.90. The maximum absolute atomic E-state index is 12.9.